The topological polar surface area (TPSA) is 109 Å². The summed E-state index contributed by atoms with van der Waals surface area (Å²) in [5.41, 5.74) is 8.02. The van der Waals surface area contributed by atoms with Gasteiger partial charge in [-0.25, -0.2) is 5.43 Å². The molecule has 0 saturated carbocycles. The van der Waals surface area contributed by atoms with Gasteiger partial charge in [-0.1, -0.05) is 36.4 Å². The number of hydrogen-bond acceptors (Lipinski definition) is 5. The number of ether oxygens (including phenoxy) is 1. The van der Waals surface area contributed by atoms with Gasteiger partial charge in [0.25, 0.3) is 5.91 Å². The first-order chi connectivity index (χ1) is 16.7. The number of nitrogens with zero attached hydrogens (tertiary/aromatic N) is 1. The van der Waals surface area contributed by atoms with E-state index in [4.69, 9.17) is 4.74 Å². The number of amides is 3. The summed E-state index contributed by atoms with van der Waals surface area (Å²) in [6.45, 7) is 7.52. The van der Waals surface area contributed by atoms with E-state index in [1.165, 1.54) is 6.21 Å². The van der Waals surface area contributed by atoms with Gasteiger partial charge in [0, 0.05) is 16.9 Å². The van der Waals surface area contributed by atoms with Gasteiger partial charge < -0.3 is 15.4 Å². The summed E-state index contributed by atoms with van der Waals surface area (Å²) in [5, 5.41) is 9.25. The lowest BCUT2D eigenvalue weighted by molar-refractivity contribution is -0.136. The Labute approximate surface area is 204 Å². The summed E-state index contributed by atoms with van der Waals surface area (Å²) in [4.78, 5) is 36.6. The predicted molar refractivity (Wildman–Crippen MR) is 137 cm³/mol. The van der Waals surface area contributed by atoms with Gasteiger partial charge in [0.2, 0.25) is 0 Å². The van der Waals surface area contributed by atoms with Gasteiger partial charge in [0.1, 0.15) is 5.75 Å². The van der Waals surface area contributed by atoms with Crippen molar-refractivity contribution in [2.75, 3.05) is 17.2 Å². The van der Waals surface area contributed by atoms with Crippen LogP contribution >= 0.6 is 0 Å². The summed E-state index contributed by atoms with van der Waals surface area (Å²) >= 11 is 0. The number of carbonyl (C=O) groups excluding carboxylic acids is 3. The summed E-state index contributed by atoms with van der Waals surface area (Å²) in [5.74, 6) is -1.64. The number of rotatable bonds is 7. The van der Waals surface area contributed by atoms with Crippen molar-refractivity contribution in [3.8, 4) is 5.75 Å². The smallest absolute Gasteiger partial charge is 0.329 e. The third kappa shape index (κ3) is 7.01. The predicted octanol–water partition coefficient (Wildman–Crippen LogP) is 4.03. The fraction of sp³-hybridized carbons (Fsp3) is 0.185. The standard InChI is InChI=1S/C27H28N4O4/c1-17-12-13-22(14-20(17)4)29-26(33)27(34)31-28-15-21-10-5-6-11-23(21)35-16-24(32)30-25-18(2)8-7-9-19(25)3/h5-15H,16H2,1-4H3,(H,29,33)(H,30,32)(H,31,34)/b28-15-. The van der Waals surface area contributed by atoms with Crippen molar-refractivity contribution < 1.29 is 19.1 Å². The molecule has 180 valence electrons. The summed E-state index contributed by atoms with van der Waals surface area (Å²) in [6, 6.07) is 18.1. The molecular formula is C27H28N4O4. The maximum absolute atomic E-state index is 12.4. The molecule has 0 radical (unpaired) electrons. The van der Waals surface area contributed by atoms with Crippen molar-refractivity contribution in [3.63, 3.8) is 0 Å². The zero-order chi connectivity index (χ0) is 25.4. The van der Waals surface area contributed by atoms with E-state index < -0.39 is 11.8 Å². The first-order valence-electron chi connectivity index (χ1n) is 11.0. The minimum atomic E-state index is -0.911. The summed E-state index contributed by atoms with van der Waals surface area (Å²) < 4.78 is 5.66. The molecule has 3 aromatic carbocycles. The molecule has 0 aromatic heterocycles. The van der Waals surface area contributed by atoms with Gasteiger partial charge in [-0.05, 0) is 74.2 Å². The second-order valence-corrected chi connectivity index (χ2v) is 8.09. The van der Waals surface area contributed by atoms with Crippen molar-refractivity contribution in [3.05, 3.63) is 88.5 Å². The highest BCUT2D eigenvalue weighted by atomic mass is 16.5. The molecule has 0 heterocycles. The Hall–Kier alpha value is -4.46. The average molecular weight is 473 g/mol. The zero-order valence-corrected chi connectivity index (χ0v) is 20.1. The van der Waals surface area contributed by atoms with Crippen molar-refractivity contribution in [1.29, 1.82) is 0 Å². The molecule has 35 heavy (non-hydrogen) atoms. The van der Waals surface area contributed by atoms with Crippen LogP contribution in [-0.2, 0) is 14.4 Å². The van der Waals surface area contributed by atoms with E-state index >= 15 is 0 Å². The molecule has 8 heteroatoms. The molecule has 0 atom stereocenters. The lowest BCUT2D eigenvalue weighted by atomic mass is 10.1. The zero-order valence-electron chi connectivity index (χ0n) is 20.1. The van der Waals surface area contributed by atoms with E-state index in [-0.39, 0.29) is 12.5 Å². The first kappa shape index (κ1) is 25.2. The molecular weight excluding hydrogens is 444 g/mol. The Balaban J connectivity index is 1.55. The molecule has 0 aliphatic rings. The second kappa shape index (κ2) is 11.6. The normalized spacial score (nSPS) is 10.6. The Morgan fingerprint density at radius 3 is 2.23 bits per heavy atom. The highest BCUT2D eigenvalue weighted by molar-refractivity contribution is 6.39. The molecule has 0 aliphatic carbocycles. The van der Waals surface area contributed by atoms with E-state index in [1.54, 1.807) is 36.4 Å². The number of aryl methyl sites for hydroxylation is 4. The Morgan fingerprint density at radius 1 is 0.800 bits per heavy atom. The molecule has 0 unspecified atom stereocenters. The number of hydrazone groups is 1. The van der Waals surface area contributed by atoms with Crippen molar-refractivity contribution in [2.24, 2.45) is 5.10 Å². The van der Waals surface area contributed by atoms with E-state index in [0.717, 1.165) is 27.9 Å². The SMILES string of the molecule is Cc1ccc(NC(=O)C(=O)N/N=C\c2ccccc2OCC(=O)Nc2c(C)cccc2C)cc1C. The van der Waals surface area contributed by atoms with Gasteiger partial charge in [0.15, 0.2) is 6.61 Å². The Kier molecular flexibility index (Phi) is 8.34. The van der Waals surface area contributed by atoms with Gasteiger partial charge in [-0.15, -0.1) is 0 Å². The minimum absolute atomic E-state index is 0.205. The lowest BCUT2D eigenvalue weighted by Gasteiger charge is -2.13. The van der Waals surface area contributed by atoms with Crippen LogP contribution in [0.5, 0.6) is 5.75 Å². The lowest BCUT2D eigenvalue weighted by Crippen LogP contribution is -2.32. The third-order valence-corrected chi connectivity index (χ3v) is 5.36. The van der Waals surface area contributed by atoms with Crippen LogP contribution in [0, 0.1) is 27.7 Å². The molecule has 3 rings (SSSR count). The van der Waals surface area contributed by atoms with Crippen LogP contribution < -0.4 is 20.8 Å². The van der Waals surface area contributed by atoms with Crippen LogP contribution in [0.1, 0.15) is 27.8 Å². The van der Waals surface area contributed by atoms with Crippen LogP contribution in [-0.4, -0.2) is 30.5 Å². The van der Waals surface area contributed by atoms with E-state index in [2.05, 4.69) is 21.2 Å². The molecule has 0 fully saturated rings. The first-order valence-corrected chi connectivity index (χ1v) is 11.0. The number of benzene rings is 3. The number of para-hydroxylation sites is 2. The molecule has 0 spiro atoms. The third-order valence-electron chi connectivity index (χ3n) is 5.36. The van der Waals surface area contributed by atoms with Gasteiger partial charge in [-0.2, -0.15) is 5.10 Å². The molecule has 3 amide bonds. The van der Waals surface area contributed by atoms with Gasteiger partial charge in [-0.3, -0.25) is 14.4 Å². The number of nitrogens with one attached hydrogen (secondary N) is 3. The second-order valence-electron chi connectivity index (χ2n) is 8.09. The molecule has 0 saturated heterocycles. The number of anilines is 2. The van der Waals surface area contributed by atoms with Gasteiger partial charge >= 0.3 is 11.8 Å². The molecule has 8 nitrogen and oxygen atoms in total. The number of carbonyl (C=O) groups is 3. The highest BCUT2D eigenvalue weighted by Crippen LogP contribution is 2.20. The fourth-order valence-corrected chi connectivity index (χ4v) is 3.27. The highest BCUT2D eigenvalue weighted by Gasteiger charge is 2.13. The quantitative estimate of drug-likeness (QED) is 0.274. The van der Waals surface area contributed by atoms with E-state index in [1.807, 2.05) is 52.0 Å². The van der Waals surface area contributed by atoms with Crippen molar-refractivity contribution in [1.82, 2.24) is 5.43 Å². The van der Waals surface area contributed by atoms with Crippen LogP contribution in [0.4, 0.5) is 11.4 Å². The number of hydrogen-bond donors (Lipinski definition) is 3. The van der Waals surface area contributed by atoms with E-state index in [0.29, 0.717) is 17.0 Å². The van der Waals surface area contributed by atoms with Crippen LogP contribution in [0.2, 0.25) is 0 Å². The molecule has 3 aromatic rings. The maximum atomic E-state index is 12.4. The summed E-state index contributed by atoms with van der Waals surface area (Å²) in [7, 11) is 0. The monoisotopic (exact) mass is 472 g/mol. The van der Waals surface area contributed by atoms with Crippen molar-refractivity contribution in [2.45, 2.75) is 27.7 Å². The molecule has 0 aliphatic heterocycles. The van der Waals surface area contributed by atoms with Crippen molar-refractivity contribution >= 4 is 35.3 Å². The fourth-order valence-electron chi connectivity index (χ4n) is 3.27. The summed E-state index contributed by atoms with van der Waals surface area (Å²) in [6.07, 6.45) is 1.35. The van der Waals surface area contributed by atoms with Crippen LogP contribution in [0.25, 0.3) is 0 Å². The molecule has 0 bridgehead atoms. The Morgan fingerprint density at radius 2 is 1.51 bits per heavy atom. The Bertz CT molecular complexity index is 1260. The minimum Gasteiger partial charge on any atom is -0.483 e. The van der Waals surface area contributed by atoms with Gasteiger partial charge in [0.05, 0.1) is 6.21 Å². The average Bonchev–Trinajstić information content (AvgIpc) is 2.83. The largest absolute Gasteiger partial charge is 0.483 e. The maximum Gasteiger partial charge on any atom is 0.329 e. The molecule has 3 N–H and O–H groups in total. The van der Waals surface area contributed by atoms with E-state index in [9.17, 15) is 14.4 Å². The van der Waals surface area contributed by atoms with Crippen LogP contribution in [0.15, 0.2) is 65.8 Å². The van der Waals surface area contributed by atoms with Crippen LogP contribution in [0.3, 0.4) is 0 Å².